The molecule has 1 N–H and O–H groups in total. The maximum Gasteiger partial charge on any atom is 0.0807 e. The molecular weight excluding hydrogens is 220 g/mol. The predicted molar refractivity (Wildman–Crippen MR) is 63.5 cm³/mol. The summed E-state index contributed by atoms with van der Waals surface area (Å²) in [7, 11) is 0. The molecule has 0 bridgehead atoms. The van der Waals surface area contributed by atoms with Crippen LogP contribution in [0.5, 0.6) is 0 Å². The number of hydrogen-bond acceptors (Lipinski definition) is 3. The molecule has 3 rings (SSSR count). The topological polar surface area (TPSA) is 38.0 Å². The van der Waals surface area contributed by atoms with Crippen LogP contribution in [0.4, 0.5) is 0 Å². The van der Waals surface area contributed by atoms with Gasteiger partial charge in [0.05, 0.1) is 23.9 Å². The first kappa shape index (κ1) is 10.1. The third kappa shape index (κ3) is 1.79. The molecular formula is C12H14N2OS. The Kier molecular flexibility index (Phi) is 2.53. The molecule has 0 saturated heterocycles. The van der Waals surface area contributed by atoms with Crippen molar-refractivity contribution in [3.8, 4) is 0 Å². The zero-order chi connectivity index (χ0) is 11.0. The van der Waals surface area contributed by atoms with Crippen molar-refractivity contribution in [2.45, 2.75) is 31.9 Å². The minimum Gasteiger partial charge on any atom is -0.388 e. The van der Waals surface area contributed by atoms with Gasteiger partial charge >= 0.3 is 0 Å². The first-order chi connectivity index (χ1) is 7.83. The van der Waals surface area contributed by atoms with Crippen molar-refractivity contribution in [1.82, 2.24) is 9.55 Å². The van der Waals surface area contributed by atoms with Gasteiger partial charge in [-0.25, -0.2) is 4.98 Å². The summed E-state index contributed by atoms with van der Waals surface area (Å²) in [5.74, 6) is 0. The van der Waals surface area contributed by atoms with E-state index in [4.69, 9.17) is 0 Å². The molecule has 0 spiro atoms. The van der Waals surface area contributed by atoms with Gasteiger partial charge in [-0.05, 0) is 24.8 Å². The Hall–Kier alpha value is -1.13. The minimum atomic E-state index is -0.263. The molecule has 1 aliphatic rings. The minimum absolute atomic E-state index is 0.263. The molecule has 2 aromatic rings. The van der Waals surface area contributed by atoms with Crippen LogP contribution in [0.25, 0.3) is 0 Å². The number of aliphatic hydroxyl groups is 1. The number of aryl methyl sites for hydroxylation is 1. The molecule has 0 aromatic carbocycles. The van der Waals surface area contributed by atoms with Crippen molar-refractivity contribution in [1.29, 1.82) is 0 Å². The zero-order valence-corrected chi connectivity index (χ0v) is 9.78. The van der Waals surface area contributed by atoms with Crippen molar-refractivity contribution in [3.63, 3.8) is 0 Å². The molecule has 0 fully saturated rings. The summed E-state index contributed by atoms with van der Waals surface area (Å²) in [6.07, 6.45) is 7.04. The molecule has 2 aromatic heterocycles. The van der Waals surface area contributed by atoms with Crippen molar-refractivity contribution in [2.75, 3.05) is 0 Å². The lowest BCUT2D eigenvalue weighted by Gasteiger charge is -2.16. The smallest absolute Gasteiger partial charge is 0.0807 e. The molecule has 0 radical (unpaired) electrons. The fraction of sp³-hybridized carbons (Fsp3) is 0.417. The zero-order valence-electron chi connectivity index (χ0n) is 8.97. The monoisotopic (exact) mass is 234 g/mol. The second-order valence-electron chi connectivity index (χ2n) is 4.30. The average Bonchev–Trinajstić information content (AvgIpc) is 2.88. The van der Waals surface area contributed by atoms with Crippen LogP contribution in [0, 0.1) is 0 Å². The Balaban J connectivity index is 1.87. The highest BCUT2D eigenvalue weighted by Gasteiger charge is 2.19. The van der Waals surface area contributed by atoms with Crippen LogP contribution in [0.1, 0.15) is 35.8 Å². The van der Waals surface area contributed by atoms with Crippen molar-refractivity contribution in [2.24, 2.45) is 0 Å². The second-order valence-corrected chi connectivity index (χ2v) is 5.02. The summed E-state index contributed by atoms with van der Waals surface area (Å²) < 4.78 is 2.13. The number of fused-ring (bicyclic) bond motifs is 1. The lowest BCUT2D eigenvalue weighted by atomic mass is 9.93. The number of rotatable bonds is 2. The van der Waals surface area contributed by atoms with Crippen LogP contribution in [-0.4, -0.2) is 14.7 Å². The Labute approximate surface area is 98.4 Å². The Morgan fingerprint density at radius 1 is 1.50 bits per heavy atom. The highest BCUT2D eigenvalue weighted by Crippen LogP contribution is 2.30. The lowest BCUT2D eigenvalue weighted by Crippen LogP contribution is -2.05. The number of nitrogens with zero attached hydrogens (tertiary/aromatic N) is 2. The first-order valence-corrected chi connectivity index (χ1v) is 6.51. The molecule has 0 aliphatic heterocycles. The fourth-order valence-electron chi connectivity index (χ4n) is 2.32. The Morgan fingerprint density at radius 3 is 3.19 bits per heavy atom. The first-order valence-electron chi connectivity index (χ1n) is 5.56. The molecule has 4 heteroatoms. The molecule has 84 valence electrons. The van der Waals surface area contributed by atoms with Crippen LogP contribution >= 0.6 is 11.3 Å². The van der Waals surface area contributed by atoms with Gasteiger partial charge in [0.25, 0.3) is 0 Å². The van der Waals surface area contributed by atoms with E-state index in [2.05, 4.69) is 27.3 Å². The van der Waals surface area contributed by atoms with Crippen LogP contribution in [0.3, 0.4) is 0 Å². The van der Waals surface area contributed by atoms with E-state index in [-0.39, 0.29) is 6.10 Å². The number of thiazole rings is 1. The molecule has 0 amide bonds. The van der Waals surface area contributed by atoms with Gasteiger partial charge in [-0.15, -0.1) is 11.3 Å². The molecule has 3 nitrogen and oxygen atoms in total. The second kappa shape index (κ2) is 4.03. The van der Waals surface area contributed by atoms with E-state index in [0.29, 0.717) is 0 Å². The summed E-state index contributed by atoms with van der Waals surface area (Å²) in [6, 6.07) is 0. The summed E-state index contributed by atoms with van der Waals surface area (Å²) in [6.45, 7) is 0.809. The normalized spacial score (nSPS) is 19.7. The lowest BCUT2D eigenvalue weighted by molar-refractivity contribution is 0.157. The van der Waals surface area contributed by atoms with Gasteiger partial charge in [0.1, 0.15) is 0 Å². The largest absolute Gasteiger partial charge is 0.388 e. The van der Waals surface area contributed by atoms with E-state index in [1.165, 1.54) is 5.56 Å². The van der Waals surface area contributed by atoms with E-state index in [1.54, 1.807) is 11.3 Å². The summed E-state index contributed by atoms with van der Waals surface area (Å²) in [5.41, 5.74) is 5.36. The summed E-state index contributed by atoms with van der Waals surface area (Å²) in [4.78, 5) is 4.27. The van der Waals surface area contributed by atoms with E-state index >= 15 is 0 Å². The van der Waals surface area contributed by atoms with Gasteiger partial charge < -0.3 is 9.67 Å². The van der Waals surface area contributed by atoms with Crippen molar-refractivity contribution >= 4 is 11.3 Å². The SMILES string of the molecule is OC1CCCc2cn(Cc3cscn3)cc21. The maximum absolute atomic E-state index is 9.87. The molecule has 1 atom stereocenters. The molecule has 1 unspecified atom stereocenters. The maximum atomic E-state index is 9.87. The molecule has 16 heavy (non-hydrogen) atoms. The average molecular weight is 234 g/mol. The van der Waals surface area contributed by atoms with Gasteiger partial charge in [-0.3, -0.25) is 0 Å². The van der Waals surface area contributed by atoms with Gasteiger partial charge in [-0.1, -0.05) is 0 Å². The number of hydrogen-bond donors (Lipinski definition) is 1. The number of aliphatic hydroxyl groups excluding tert-OH is 1. The van der Waals surface area contributed by atoms with Crippen LogP contribution < -0.4 is 0 Å². The standard InChI is InChI=1S/C12H14N2OS/c15-12-3-1-2-9-4-14(6-11(9)12)5-10-7-16-8-13-10/h4,6-8,12,15H,1-3,5H2. The van der Waals surface area contributed by atoms with Gasteiger partial charge in [0, 0.05) is 23.3 Å². The van der Waals surface area contributed by atoms with Crippen LogP contribution in [-0.2, 0) is 13.0 Å². The van der Waals surface area contributed by atoms with Crippen LogP contribution in [0.2, 0.25) is 0 Å². The highest BCUT2D eigenvalue weighted by atomic mass is 32.1. The fourth-order valence-corrected chi connectivity index (χ4v) is 2.87. The van der Waals surface area contributed by atoms with E-state index in [1.807, 2.05) is 5.51 Å². The Bertz CT molecular complexity index is 475. The molecule has 2 heterocycles. The van der Waals surface area contributed by atoms with E-state index in [0.717, 1.165) is 37.1 Å². The van der Waals surface area contributed by atoms with Crippen LogP contribution in [0.15, 0.2) is 23.3 Å². The third-order valence-corrected chi connectivity index (χ3v) is 3.74. The number of aromatic nitrogens is 2. The van der Waals surface area contributed by atoms with Crippen molar-refractivity contribution < 1.29 is 5.11 Å². The van der Waals surface area contributed by atoms with Gasteiger partial charge in [0.15, 0.2) is 0 Å². The molecule has 0 saturated carbocycles. The predicted octanol–water partition coefficient (Wildman–Crippen LogP) is 2.36. The molecule has 1 aliphatic carbocycles. The van der Waals surface area contributed by atoms with Gasteiger partial charge in [-0.2, -0.15) is 0 Å². The van der Waals surface area contributed by atoms with Crippen molar-refractivity contribution in [3.05, 3.63) is 40.1 Å². The summed E-state index contributed by atoms with van der Waals surface area (Å²) in [5, 5.41) is 11.9. The van der Waals surface area contributed by atoms with E-state index in [9.17, 15) is 5.11 Å². The highest BCUT2D eigenvalue weighted by molar-refractivity contribution is 7.07. The summed E-state index contributed by atoms with van der Waals surface area (Å²) >= 11 is 1.62. The van der Waals surface area contributed by atoms with Gasteiger partial charge in [0.2, 0.25) is 0 Å². The van der Waals surface area contributed by atoms with E-state index < -0.39 is 0 Å². The quantitative estimate of drug-likeness (QED) is 0.866. The third-order valence-electron chi connectivity index (χ3n) is 3.11. The Morgan fingerprint density at radius 2 is 2.44 bits per heavy atom.